The third-order valence-electron chi connectivity index (χ3n) is 2.31. The van der Waals surface area contributed by atoms with E-state index in [1.165, 1.54) is 0 Å². The average Bonchev–Trinajstić information content (AvgIpc) is 1.99. The van der Waals surface area contributed by atoms with Gasteiger partial charge in [0.1, 0.15) is 0 Å². The Labute approximate surface area is 105 Å². The normalized spacial score (nSPS) is 19.2. The lowest BCUT2D eigenvalue weighted by Crippen LogP contribution is -2.44. The van der Waals surface area contributed by atoms with Crippen LogP contribution in [0.3, 0.4) is 0 Å². The van der Waals surface area contributed by atoms with E-state index in [1.807, 2.05) is 20.8 Å². The van der Waals surface area contributed by atoms with Crippen molar-refractivity contribution < 1.29 is 8.42 Å². The third-order valence-corrected chi connectivity index (χ3v) is 4.25. The highest BCUT2D eigenvalue weighted by molar-refractivity contribution is 7.89. The Bertz CT molecular complexity index is 292. The molecule has 1 aliphatic heterocycles. The van der Waals surface area contributed by atoms with Gasteiger partial charge < -0.3 is 5.32 Å². The number of halogens is 1. The lowest BCUT2D eigenvalue weighted by molar-refractivity contribution is 0.416. The molecule has 0 amide bonds. The number of hydrogen-bond donors (Lipinski definition) is 2. The van der Waals surface area contributed by atoms with Gasteiger partial charge in [-0.15, -0.1) is 12.4 Å². The number of rotatable bonds is 3. The van der Waals surface area contributed by atoms with Crippen molar-refractivity contribution in [3.8, 4) is 0 Å². The van der Waals surface area contributed by atoms with Crippen LogP contribution < -0.4 is 10.0 Å². The first-order chi connectivity index (χ1) is 6.79. The molecule has 1 aliphatic rings. The van der Waals surface area contributed by atoms with Crippen molar-refractivity contribution in [3.63, 3.8) is 0 Å². The van der Waals surface area contributed by atoms with Crippen LogP contribution in [-0.4, -0.2) is 33.3 Å². The fourth-order valence-electron chi connectivity index (χ4n) is 1.81. The molecule has 1 rings (SSSR count). The second-order valence-corrected chi connectivity index (χ2v) is 7.22. The van der Waals surface area contributed by atoms with Crippen molar-refractivity contribution in [1.82, 2.24) is 10.0 Å². The highest BCUT2D eigenvalue weighted by atomic mass is 35.5. The molecule has 0 spiro atoms. The molecular weight excluding hydrogens is 248 g/mol. The van der Waals surface area contributed by atoms with E-state index in [9.17, 15) is 8.42 Å². The first kappa shape index (κ1) is 16.2. The van der Waals surface area contributed by atoms with Crippen molar-refractivity contribution in [3.05, 3.63) is 0 Å². The molecule has 2 N–H and O–H groups in total. The largest absolute Gasteiger partial charge is 0.317 e. The van der Waals surface area contributed by atoms with Crippen LogP contribution in [0, 0.1) is 5.41 Å². The number of nitrogens with one attached hydrogen (secondary N) is 2. The summed E-state index contributed by atoms with van der Waals surface area (Å²) >= 11 is 0. The Balaban J connectivity index is 0.00000225. The van der Waals surface area contributed by atoms with Gasteiger partial charge in [0.15, 0.2) is 0 Å². The van der Waals surface area contributed by atoms with E-state index < -0.39 is 10.0 Å². The molecule has 0 aromatic carbocycles. The minimum atomic E-state index is -3.12. The molecule has 98 valence electrons. The van der Waals surface area contributed by atoms with Gasteiger partial charge >= 0.3 is 0 Å². The van der Waals surface area contributed by atoms with Gasteiger partial charge in [0.2, 0.25) is 10.0 Å². The second kappa shape index (κ2) is 6.19. The number of piperidine rings is 1. The highest BCUT2D eigenvalue weighted by Gasteiger charge is 2.25. The molecular formula is C10H23ClN2O2S. The molecule has 0 radical (unpaired) electrons. The molecule has 1 fully saturated rings. The van der Waals surface area contributed by atoms with E-state index in [2.05, 4.69) is 10.0 Å². The molecule has 0 unspecified atom stereocenters. The van der Waals surface area contributed by atoms with Gasteiger partial charge in [0, 0.05) is 6.04 Å². The van der Waals surface area contributed by atoms with Crippen LogP contribution in [0.1, 0.15) is 33.6 Å². The summed E-state index contributed by atoms with van der Waals surface area (Å²) in [7, 11) is -3.12. The average molecular weight is 271 g/mol. The van der Waals surface area contributed by atoms with Crippen molar-refractivity contribution in [2.75, 3.05) is 18.8 Å². The van der Waals surface area contributed by atoms with E-state index in [-0.39, 0.29) is 29.6 Å². The molecule has 0 bridgehead atoms. The molecule has 1 saturated heterocycles. The van der Waals surface area contributed by atoms with Gasteiger partial charge in [-0.3, -0.25) is 0 Å². The smallest absolute Gasteiger partial charge is 0.212 e. The van der Waals surface area contributed by atoms with E-state index in [1.54, 1.807) is 0 Å². The summed E-state index contributed by atoms with van der Waals surface area (Å²) in [4.78, 5) is 0. The maximum Gasteiger partial charge on any atom is 0.212 e. The molecule has 0 aromatic rings. The Morgan fingerprint density at radius 1 is 1.25 bits per heavy atom. The lowest BCUT2D eigenvalue weighted by atomic mass is 10.0. The van der Waals surface area contributed by atoms with Gasteiger partial charge in [-0.2, -0.15) is 0 Å². The summed E-state index contributed by atoms with van der Waals surface area (Å²) in [5, 5.41) is 3.21. The predicted octanol–water partition coefficient (Wildman–Crippen LogP) is 1.13. The first-order valence-corrected chi connectivity index (χ1v) is 7.14. The van der Waals surface area contributed by atoms with Crippen molar-refractivity contribution >= 4 is 22.4 Å². The zero-order chi connectivity index (χ0) is 11.5. The van der Waals surface area contributed by atoms with Gasteiger partial charge in [-0.1, -0.05) is 20.8 Å². The van der Waals surface area contributed by atoms with Crippen molar-refractivity contribution in [2.45, 2.75) is 39.7 Å². The molecule has 0 aliphatic carbocycles. The minimum absolute atomic E-state index is 0. The Morgan fingerprint density at radius 3 is 2.19 bits per heavy atom. The molecule has 4 nitrogen and oxygen atoms in total. The zero-order valence-corrected chi connectivity index (χ0v) is 11.9. The van der Waals surface area contributed by atoms with Crippen LogP contribution in [0.2, 0.25) is 0 Å². The summed E-state index contributed by atoms with van der Waals surface area (Å²) < 4.78 is 26.3. The minimum Gasteiger partial charge on any atom is -0.317 e. The van der Waals surface area contributed by atoms with Gasteiger partial charge in [0.25, 0.3) is 0 Å². The van der Waals surface area contributed by atoms with Crippen molar-refractivity contribution in [2.24, 2.45) is 5.41 Å². The standard InChI is InChI=1S/C10H22N2O2S.ClH/c1-10(2,3)8-15(13,14)12-9-4-6-11-7-5-9;/h9,11-12H,4-8H2,1-3H3;1H. The Morgan fingerprint density at radius 2 is 1.75 bits per heavy atom. The number of hydrogen-bond acceptors (Lipinski definition) is 3. The topological polar surface area (TPSA) is 58.2 Å². The molecule has 0 aromatic heterocycles. The second-order valence-electron chi connectivity index (χ2n) is 5.46. The van der Waals surface area contributed by atoms with Crippen LogP contribution >= 0.6 is 12.4 Å². The Kier molecular flexibility index (Phi) is 6.25. The van der Waals surface area contributed by atoms with Gasteiger partial charge in [-0.05, 0) is 31.3 Å². The maximum atomic E-state index is 11.8. The fraction of sp³-hybridized carbons (Fsp3) is 1.00. The molecule has 1 heterocycles. The van der Waals surface area contributed by atoms with Gasteiger partial charge in [0.05, 0.1) is 5.75 Å². The quantitative estimate of drug-likeness (QED) is 0.808. The Hall–Kier alpha value is 0.160. The van der Waals surface area contributed by atoms with E-state index in [0.29, 0.717) is 0 Å². The number of sulfonamides is 1. The fourth-order valence-corrected chi connectivity index (χ4v) is 3.77. The zero-order valence-electron chi connectivity index (χ0n) is 10.2. The van der Waals surface area contributed by atoms with E-state index >= 15 is 0 Å². The summed E-state index contributed by atoms with van der Waals surface area (Å²) in [6, 6.07) is 0.124. The highest BCUT2D eigenvalue weighted by Crippen LogP contribution is 2.16. The molecule has 0 atom stereocenters. The summed E-state index contributed by atoms with van der Waals surface area (Å²) in [6.45, 7) is 7.63. The van der Waals surface area contributed by atoms with E-state index in [4.69, 9.17) is 0 Å². The summed E-state index contributed by atoms with van der Waals surface area (Å²) in [5.41, 5.74) is -0.182. The predicted molar refractivity (Wildman–Crippen MR) is 69.5 cm³/mol. The SMILES string of the molecule is CC(C)(C)CS(=O)(=O)NC1CCNCC1.Cl. The van der Waals surface area contributed by atoms with Crippen LogP contribution in [-0.2, 0) is 10.0 Å². The lowest BCUT2D eigenvalue weighted by Gasteiger charge is -2.25. The van der Waals surface area contributed by atoms with Crippen LogP contribution in [0.5, 0.6) is 0 Å². The maximum absolute atomic E-state index is 11.8. The van der Waals surface area contributed by atoms with Crippen molar-refractivity contribution in [1.29, 1.82) is 0 Å². The first-order valence-electron chi connectivity index (χ1n) is 5.49. The third kappa shape index (κ3) is 6.68. The summed E-state index contributed by atoms with van der Waals surface area (Å²) in [6.07, 6.45) is 1.78. The van der Waals surface area contributed by atoms with Gasteiger partial charge in [-0.25, -0.2) is 13.1 Å². The van der Waals surface area contributed by atoms with Crippen LogP contribution in [0.25, 0.3) is 0 Å². The summed E-state index contributed by atoms with van der Waals surface area (Å²) in [5.74, 6) is 0.198. The molecule has 0 saturated carbocycles. The monoisotopic (exact) mass is 270 g/mol. The molecule has 6 heteroatoms. The van der Waals surface area contributed by atoms with Crippen LogP contribution in [0.15, 0.2) is 0 Å². The molecule has 16 heavy (non-hydrogen) atoms. The van der Waals surface area contributed by atoms with E-state index in [0.717, 1.165) is 25.9 Å². The van der Waals surface area contributed by atoms with Crippen LogP contribution in [0.4, 0.5) is 0 Å².